The Kier molecular flexibility index (Phi) is 4.53. The first kappa shape index (κ1) is 15.4. The summed E-state index contributed by atoms with van der Waals surface area (Å²) in [5, 5.41) is 0. The van der Waals surface area contributed by atoms with Gasteiger partial charge in [-0.2, -0.15) is 0 Å². The summed E-state index contributed by atoms with van der Waals surface area (Å²) in [6.07, 6.45) is 0.755. The smallest absolute Gasteiger partial charge is 0.328 e. The number of nitrogens with zero attached hydrogens (tertiary/aromatic N) is 2. The highest BCUT2D eigenvalue weighted by atomic mass is 35.7. The van der Waals surface area contributed by atoms with Crippen molar-refractivity contribution in [2.24, 2.45) is 0 Å². The van der Waals surface area contributed by atoms with Gasteiger partial charge in [0.2, 0.25) is 5.91 Å². The van der Waals surface area contributed by atoms with E-state index in [9.17, 15) is 22.8 Å². The Morgan fingerprint density at radius 1 is 1.47 bits per heavy atom. The van der Waals surface area contributed by atoms with E-state index < -0.39 is 31.1 Å². The van der Waals surface area contributed by atoms with Crippen molar-refractivity contribution >= 4 is 25.6 Å². The molecule has 1 aromatic rings. The van der Waals surface area contributed by atoms with Crippen molar-refractivity contribution in [3.05, 3.63) is 27.0 Å². The van der Waals surface area contributed by atoms with Crippen LogP contribution in [-0.2, 0) is 20.4 Å². The summed E-state index contributed by atoms with van der Waals surface area (Å²) in [7, 11) is 2.29. The van der Waals surface area contributed by atoms with E-state index in [1.165, 1.54) is 11.9 Å². The maximum absolute atomic E-state index is 11.6. The van der Waals surface area contributed by atoms with E-state index in [-0.39, 0.29) is 6.54 Å². The minimum absolute atomic E-state index is 0.390. The van der Waals surface area contributed by atoms with Gasteiger partial charge in [0, 0.05) is 30.5 Å². The Labute approximate surface area is 113 Å². The van der Waals surface area contributed by atoms with Crippen LogP contribution in [0.1, 0.15) is 6.92 Å². The lowest BCUT2D eigenvalue weighted by Crippen LogP contribution is -2.37. The molecule has 106 valence electrons. The van der Waals surface area contributed by atoms with Crippen LogP contribution in [0.2, 0.25) is 0 Å². The van der Waals surface area contributed by atoms with Crippen molar-refractivity contribution in [2.75, 3.05) is 13.6 Å². The molecule has 0 saturated heterocycles. The molecule has 0 saturated carbocycles. The molecule has 10 heteroatoms. The third-order valence-corrected chi connectivity index (χ3v) is 3.76. The topological polar surface area (TPSA) is 109 Å². The summed E-state index contributed by atoms with van der Waals surface area (Å²) < 4.78 is 23.0. The minimum Gasteiger partial charge on any atom is -0.344 e. The van der Waals surface area contributed by atoms with Gasteiger partial charge >= 0.3 is 5.69 Å². The lowest BCUT2D eigenvalue weighted by Gasteiger charge is -2.15. The maximum Gasteiger partial charge on any atom is 0.328 e. The van der Waals surface area contributed by atoms with Crippen LogP contribution in [0.4, 0.5) is 0 Å². The number of carbonyl (C=O) groups is 1. The predicted octanol–water partition coefficient (Wildman–Crippen LogP) is -1.06. The zero-order valence-corrected chi connectivity index (χ0v) is 11.8. The average Bonchev–Trinajstić information content (AvgIpc) is 2.29. The Bertz CT molecular complexity index is 705. The molecule has 0 aliphatic carbocycles. The van der Waals surface area contributed by atoms with Gasteiger partial charge < -0.3 is 4.90 Å². The second-order valence-electron chi connectivity index (χ2n) is 3.73. The fourth-order valence-electron chi connectivity index (χ4n) is 1.22. The van der Waals surface area contributed by atoms with E-state index in [0.717, 1.165) is 10.8 Å². The molecular formula is C9H12ClN3O5S. The number of hydrogen-bond donors (Lipinski definition) is 1. The molecule has 1 N–H and O–H groups in total. The highest BCUT2D eigenvalue weighted by molar-refractivity contribution is 8.13. The SMILES string of the molecule is CCN(C)C(=O)Cn1cc(S(=O)(=O)Cl)c(=O)[nH]c1=O. The number of nitrogens with one attached hydrogen (secondary N) is 1. The summed E-state index contributed by atoms with van der Waals surface area (Å²) in [4.78, 5) is 36.7. The highest BCUT2D eigenvalue weighted by Gasteiger charge is 2.18. The van der Waals surface area contributed by atoms with Gasteiger partial charge in [0.25, 0.3) is 14.6 Å². The number of aromatic amines is 1. The van der Waals surface area contributed by atoms with Crippen LogP contribution in [0, 0.1) is 0 Å². The third-order valence-electron chi connectivity index (χ3n) is 2.45. The molecule has 0 aliphatic heterocycles. The molecule has 0 fully saturated rings. The van der Waals surface area contributed by atoms with Crippen molar-refractivity contribution in [3.8, 4) is 0 Å². The van der Waals surface area contributed by atoms with Crippen LogP contribution >= 0.6 is 10.7 Å². The number of rotatable bonds is 4. The van der Waals surface area contributed by atoms with Gasteiger partial charge in [-0.3, -0.25) is 19.1 Å². The Balaban J connectivity index is 3.28. The van der Waals surface area contributed by atoms with Crippen molar-refractivity contribution in [1.29, 1.82) is 0 Å². The van der Waals surface area contributed by atoms with Gasteiger partial charge in [-0.15, -0.1) is 0 Å². The van der Waals surface area contributed by atoms with Gasteiger partial charge in [-0.25, -0.2) is 13.2 Å². The normalized spacial score (nSPS) is 11.3. The first-order valence-electron chi connectivity index (χ1n) is 5.19. The quantitative estimate of drug-likeness (QED) is 0.713. The van der Waals surface area contributed by atoms with Gasteiger partial charge in [0.1, 0.15) is 6.54 Å². The predicted molar refractivity (Wildman–Crippen MR) is 67.7 cm³/mol. The second kappa shape index (κ2) is 5.57. The molecule has 8 nitrogen and oxygen atoms in total. The molecule has 0 bridgehead atoms. The molecule has 1 heterocycles. The van der Waals surface area contributed by atoms with Crippen LogP contribution in [0.25, 0.3) is 0 Å². The molecule has 1 amide bonds. The number of H-pyrrole nitrogens is 1. The van der Waals surface area contributed by atoms with Crippen molar-refractivity contribution < 1.29 is 13.2 Å². The van der Waals surface area contributed by atoms with Crippen molar-refractivity contribution in [3.63, 3.8) is 0 Å². The largest absolute Gasteiger partial charge is 0.344 e. The fraction of sp³-hybridized carbons (Fsp3) is 0.444. The molecule has 0 radical (unpaired) electrons. The van der Waals surface area contributed by atoms with Crippen LogP contribution in [-0.4, -0.2) is 42.4 Å². The monoisotopic (exact) mass is 309 g/mol. The Hall–Kier alpha value is -1.61. The van der Waals surface area contributed by atoms with Crippen LogP contribution in [0.15, 0.2) is 20.7 Å². The van der Waals surface area contributed by atoms with Gasteiger partial charge in [0.05, 0.1) is 0 Å². The number of hydrogen-bond acceptors (Lipinski definition) is 5. The lowest BCUT2D eigenvalue weighted by molar-refractivity contribution is -0.130. The van der Waals surface area contributed by atoms with Crippen LogP contribution < -0.4 is 11.2 Å². The number of carbonyl (C=O) groups excluding carboxylic acids is 1. The maximum atomic E-state index is 11.6. The molecule has 0 unspecified atom stereocenters. The van der Waals surface area contributed by atoms with Gasteiger partial charge in [0.15, 0.2) is 4.90 Å². The van der Waals surface area contributed by atoms with Crippen molar-refractivity contribution in [2.45, 2.75) is 18.4 Å². The molecule has 1 aromatic heterocycles. The Morgan fingerprint density at radius 2 is 2.05 bits per heavy atom. The van der Waals surface area contributed by atoms with E-state index in [0.29, 0.717) is 6.54 Å². The Morgan fingerprint density at radius 3 is 2.53 bits per heavy atom. The minimum atomic E-state index is -4.29. The van der Waals surface area contributed by atoms with Crippen LogP contribution in [0.3, 0.4) is 0 Å². The van der Waals surface area contributed by atoms with E-state index in [1.54, 1.807) is 11.9 Å². The number of aromatic nitrogens is 2. The molecule has 1 rings (SSSR count). The third kappa shape index (κ3) is 3.67. The van der Waals surface area contributed by atoms with E-state index >= 15 is 0 Å². The first-order chi connectivity index (χ1) is 8.66. The molecule has 0 atom stereocenters. The van der Waals surface area contributed by atoms with E-state index in [1.807, 2.05) is 0 Å². The molecule has 0 spiro atoms. The van der Waals surface area contributed by atoms with Crippen LogP contribution in [0.5, 0.6) is 0 Å². The van der Waals surface area contributed by atoms with Crippen molar-refractivity contribution in [1.82, 2.24) is 14.5 Å². The van der Waals surface area contributed by atoms with Gasteiger partial charge in [-0.05, 0) is 6.92 Å². The molecule has 19 heavy (non-hydrogen) atoms. The highest BCUT2D eigenvalue weighted by Crippen LogP contribution is 2.07. The summed E-state index contributed by atoms with van der Waals surface area (Å²) >= 11 is 0. The first-order valence-corrected chi connectivity index (χ1v) is 7.50. The van der Waals surface area contributed by atoms with Gasteiger partial charge in [-0.1, -0.05) is 0 Å². The lowest BCUT2D eigenvalue weighted by atomic mass is 10.5. The number of halogens is 1. The molecular weight excluding hydrogens is 298 g/mol. The number of amides is 1. The van der Waals surface area contributed by atoms with E-state index in [4.69, 9.17) is 10.7 Å². The standard InChI is InChI=1S/C9H12ClN3O5S/c1-3-12(2)7(14)5-13-4-6(19(10,17)18)8(15)11-9(13)16/h4H,3,5H2,1-2H3,(H,11,15,16). The molecule has 0 aliphatic rings. The van der Waals surface area contributed by atoms with E-state index in [2.05, 4.69) is 0 Å². The zero-order chi connectivity index (χ0) is 14.8. The fourth-order valence-corrected chi connectivity index (χ4v) is 2.08. The molecule has 0 aromatic carbocycles. The summed E-state index contributed by atoms with van der Waals surface area (Å²) in [6.45, 7) is 1.78. The summed E-state index contributed by atoms with van der Waals surface area (Å²) in [5.74, 6) is -0.408. The summed E-state index contributed by atoms with van der Waals surface area (Å²) in [5.41, 5.74) is -2.00. The number of likely N-dealkylation sites (N-methyl/N-ethyl adjacent to an activating group) is 1. The second-order valence-corrected chi connectivity index (χ2v) is 6.26. The summed E-state index contributed by atoms with van der Waals surface area (Å²) in [6, 6.07) is 0. The average molecular weight is 310 g/mol. The zero-order valence-electron chi connectivity index (χ0n) is 10.2.